The molecular formula is C10H11F3N2O2. The van der Waals surface area contributed by atoms with Crippen LogP contribution in [0, 0.1) is 0 Å². The molecule has 1 aromatic carbocycles. The zero-order chi connectivity index (χ0) is 13.1. The molecule has 1 atom stereocenters. The molecule has 0 saturated heterocycles. The molecule has 1 aromatic rings. The average Bonchev–Trinajstić information content (AvgIpc) is 2.14. The van der Waals surface area contributed by atoms with E-state index in [1.54, 1.807) is 0 Å². The van der Waals surface area contributed by atoms with E-state index in [0.29, 0.717) is 0 Å². The van der Waals surface area contributed by atoms with Crippen molar-refractivity contribution in [3.8, 4) is 5.75 Å². The lowest BCUT2D eigenvalue weighted by Gasteiger charge is -2.16. The molecule has 0 aromatic heterocycles. The predicted octanol–water partition coefficient (Wildman–Crippen LogP) is 1.46. The molecule has 0 heterocycles. The van der Waals surface area contributed by atoms with E-state index < -0.39 is 24.1 Å². The van der Waals surface area contributed by atoms with Gasteiger partial charge >= 0.3 is 6.36 Å². The third-order valence-electron chi connectivity index (χ3n) is 1.97. The molecular weight excluding hydrogens is 237 g/mol. The highest BCUT2D eigenvalue weighted by atomic mass is 19.4. The van der Waals surface area contributed by atoms with Crippen LogP contribution in [0.2, 0.25) is 0 Å². The molecule has 1 amide bonds. The summed E-state index contributed by atoms with van der Waals surface area (Å²) in [5.74, 6) is -1.12. The summed E-state index contributed by atoms with van der Waals surface area (Å²) in [6.45, 7) is 0. The number of carbonyl (C=O) groups excluding carboxylic acids is 1. The fraction of sp³-hybridized carbons (Fsp3) is 0.300. The molecule has 7 heteroatoms. The highest BCUT2D eigenvalue weighted by molar-refractivity contribution is 5.74. The number of halogens is 3. The van der Waals surface area contributed by atoms with Crippen molar-refractivity contribution in [2.24, 2.45) is 11.5 Å². The Balaban J connectivity index is 2.95. The molecule has 0 aliphatic carbocycles. The Morgan fingerprint density at radius 1 is 1.35 bits per heavy atom. The number of hydrogen-bond donors (Lipinski definition) is 2. The van der Waals surface area contributed by atoms with Crippen LogP contribution in [0.4, 0.5) is 13.2 Å². The van der Waals surface area contributed by atoms with Crippen LogP contribution >= 0.6 is 0 Å². The molecule has 0 bridgehead atoms. The standard InChI is InChI=1S/C10H11F3N2O2/c11-10(12,13)17-8-4-2-1-3-6(8)7(14)5-9(15)16/h1-4,7H,5,14H2,(H2,15,16). The Hall–Kier alpha value is -1.76. The van der Waals surface area contributed by atoms with Gasteiger partial charge in [-0.15, -0.1) is 13.2 Å². The SMILES string of the molecule is NC(=O)CC(N)c1ccccc1OC(F)(F)F. The van der Waals surface area contributed by atoms with Gasteiger partial charge in [0.2, 0.25) is 5.91 Å². The van der Waals surface area contributed by atoms with E-state index in [1.807, 2.05) is 0 Å². The smallest absolute Gasteiger partial charge is 0.405 e. The number of rotatable bonds is 4. The molecule has 4 nitrogen and oxygen atoms in total. The van der Waals surface area contributed by atoms with Crippen molar-refractivity contribution in [2.75, 3.05) is 0 Å². The van der Waals surface area contributed by atoms with Crippen LogP contribution in [-0.2, 0) is 4.79 Å². The molecule has 0 saturated carbocycles. The molecule has 0 spiro atoms. The molecule has 0 radical (unpaired) electrons. The monoisotopic (exact) mass is 248 g/mol. The third-order valence-corrected chi connectivity index (χ3v) is 1.97. The van der Waals surface area contributed by atoms with E-state index >= 15 is 0 Å². The van der Waals surface area contributed by atoms with Gasteiger partial charge in [0.25, 0.3) is 0 Å². The first-order chi connectivity index (χ1) is 7.79. The summed E-state index contributed by atoms with van der Waals surface area (Å²) in [6.07, 6.45) is -5.05. The quantitative estimate of drug-likeness (QED) is 0.846. The minimum Gasteiger partial charge on any atom is -0.405 e. The Bertz CT molecular complexity index is 407. The van der Waals surface area contributed by atoms with Gasteiger partial charge in [-0.3, -0.25) is 4.79 Å². The van der Waals surface area contributed by atoms with Crippen molar-refractivity contribution in [3.63, 3.8) is 0 Å². The maximum atomic E-state index is 12.1. The largest absolute Gasteiger partial charge is 0.573 e. The fourth-order valence-electron chi connectivity index (χ4n) is 1.33. The lowest BCUT2D eigenvalue weighted by Crippen LogP contribution is -2.23. The first-order valence-electron chi connectivity index (χ1n) is 4.68. The number of para-hydroxylation sites is 1. The normalized spacial score (nSPS) is 13.2. The first kappa shape index (κ1) is 13.3. The number of alkyl halides is 3. The second kappa shape index (κ2) is 5.05. The third kappa shape index (κ3) is 4.31. The van der Waals surface area contributed by atoms with Crippen LogP contribution in [0.1, 0.15) is 18.0 Å². The lowest BCUT2D eigenvalue weighted by atomic mass is 10.0. The number of benzene rings is 1. The van der Waals surface area contributed by atoms with Crippen LogP contribution in [0.25, 0.3) is 0 Å². The van der Waals surface area contributed by atoms with Gasteiger partial charge in [-0.2, -0.15) is 0 Å². The van der Waals surface area contributed by atoms with Gasteiger partial charge < -0.3 is 16.2 Å². The van der Waals surface area contributed by atoms with E-state index in [1.165, 1.54) is 18.2 Å². The lowest BCUT2D eigenvalue weighted by molar-refractivity contribution is -0.274. The summed E-state index contributed by atoms with van der Waals surface area (Å²) in [5.41, 5.74) is 10.6. The number of carbonyl (C=O) groups is 1. The van der Waals surface area contributed by atoms with Gasteiger partial charge in [-0.1, -0.05) is 18.2 Å². The molecule has 1 rings (SSSR count). The number of primary amides is 1. The topological polar surface area (TPSA) is 78.3 Å². The molecule has 1 unspecified atom stereocenters. The molecule has 94 valence electrons. The summed E-state index contributed by atoms with van der Waals surface area (Å²) in [7, 11) is 0. The second-order valence-electron chi connectivity index (χ2n) is 3.36. The minimum absolute atomic E-state index is 0.0867. The highest BCUT2D eigenvalue weighted by Gasteiger charge is 2.32. The van der Waals surface area contributed by atoms with E-state index in [4.69, 9.17) is 11.5 Å². The molecule has 4 N–H and O–H groups in total. The van der Waals surface area contributed by atoms with Gasteiger partial charge in [0.15, 0.2) is 0 Å². The Kier molecular flexibility index (Phi) is 3.95. The van der Waals surface area contributed by atoms with Crippen LogP contribution in [0.5, 0.6) is 5.75 Å². The molecule has 17 heavy (non-hydrogen) atoms. The Morgan fingerprint density at radius 3 is 2.47 bits per heavy atom. The van der Waals surface area contributed by atoms with Crippen molar-refractivity contribution in [2.45, 2.75) is 18.8 Å². The second-order valence-corrected chi connectivity index (χ2v) is 3.36. The maximum Gasteiger partial charge on any atom is 0.573 e. The van der Waals surface area contributed by atoms with Crippen LogP contribution < -0.4 is 16.2 Å². The van der Waals surface area contributed by atoms with Gasteiger partial charge in [0, 0.05) is 18.0 Å². The van der Waals surface area contributed by atoms with E-state index in [2.05, 4.69) is 4.74 Å². The molecule has 0 aliphatic rings. The zero-order valence-electron chi connectivity index (χ0n) is 8.70. The van der Waals surface area contributed by atoms with Gasteiger partial charge in [-0.25, -0.2) is 0 Å². The number of nitrogens with two attached hydrogens (primary N) is 2. The summed E-state index contributed by atoms with van der Waals surface area (Å²) in [6, 6.07) is 4.44. The number of amides is 1. The van der Waals surface area contributed by atoms with Crippen LogP contribution in [0.3, 0.4) is 0 Å². The molecule has 0 fully saturated rings. The summed E-state index contributed by atoms with van der Waals surface area (Å²) < 4.78 is 40.1. The highest BCUT2D eigenvalue weighted by Crippen LogP contribution is 2.30. The van der Waals surface area contributed by atoms with E-state index in [9.17, 15) is 18.0 Å². The van der Waals surface area contributed by atoms with Crippen LogP contribution in [-0.4, -0.2) is 12.3 Å². The molecule has 0 aliphatic heterocycles. The number of hydrogen-bond acceptors (Lipinski definition) is 3. The van der Waals surface area contributed by atoms with E-state index in [0.717, 1.165) is 6.07 Å². The zero-order valence-corrected chi connectivity index (χ0v) is 8.70. The Morgan fingerprint density at radius 2 is 1.94 bits per heavy atom. The van der Waals surface area contributed by atoms with Crippen molar-refractivity contribution >= 4 is 5.91 Å². The van der Waals surface area contributed by atoms with Gasteiger partial charge in [0.1, 0.15) is 5.75 Å². The Labute approximate surface area is 95.3 Å². The summed E-state index contributed by atoms with van der Waals surface area (Å²) >= 11 is 0. The predicted molar refractivity (Wildman–Crippen MR) is 53.9 cm³/mol. The maximum absolute atomic E-state index is 12.1. The summed E-state index contributed by atoms with van der Waals surface area (Å²) in [5, 5.41) is 0. The van der Waals surface area contributed by atoms with E-state index in [-0.39, 0.29) is 12.0 Å². The van der Waals surface area contributed by atoms with Gasteiger partial charge in [-0.05, 0) is 6.07 Å². The van der Waals surface area contributed by atoms with Crippen molar-refractivity contribution in [1.29, 1.82) is 0 Å². The van der Waals surface area contributed by atoms with Crippen LogP contribution in [0.15, 0.2) is 24.3 Å². The van der Waals surface area contributed by atoms with Crippen molar-refractivity contribution in [3.05, 3.63) is 29.8 Å². The van der Waals surface area contributed by atoms with Gasteiger partial charge in [0.05, 0.1) is 0 Å². The van der Waals surface area contributed by atoms with Crippen molar-refractivity contribution in [1.82, 2.24) is 0 Å². The average molecular weight is 248 g/mol. The minimum atomic E-state index is -4.80. The summed E-state index contributed by atoms with van der Waals surface area (Å²) in [4.78, 5) is 10.7. The fourth-order valence-corrected chi connectivity index (χ4v) is 1.33. The van der Waals surface area contributed by atoms with Crippen molar-refractivity contribution < 1.29 is 22.7 Å². The first-order valence-corrected chi connectivity index (χ1v) is 4.68. The number of ether oxygens (including phenoxy) is 1.